The van der Waals surface area contributed by atoms with Crippen molar-refractivity contribution >= 4 is 17.6 Å². The Kier molecular flexibility index (Phi) is 4.66. The Bertz CT molecular complexity index is 822. The lowest BCUT2D eigenvalue weighted by atomic mass is 10.1. The number of amides is 1. The molecule has 5 nitrogen and oxygen atoms in total. The van der Waals surface area contributed by atoms with E-state index in [0.717, 1.165) is 23.5 Å². The molecule has 0 saturated carbocycles. The van der Waals surface area contributed by atoms with Crippen LogP contribution in [-0.4, -0.2) is 29.1 Å². The van der Waals surface area contributed by atoms with E-state index in [1.807, 2.05) is 41.5 Å². The van der Waals surface area contributed by atoms with Gasteiger partial charge in [0.25, 0.3) is 0 Å². The largest absolute Gasteiger partial charge is 0.462 e. The second-order valence-corrected chi connectivity index (χ2v) is 6.54. The molecule has 0 spiro atoms. The molecular weight excluding hydrogens is 316 g/mol. The number of hydrogen-bond donors (Lipinski definition) is 0. The first-order valence-electron chi connectivity index (χ1n) is 8.67. The predicted molar refractivity (Wildman–Crippen MR) is 97.0 cm³/mol. The Balaban J connectivity index is 1.86. The van der Waals surface area contributed by atoms with Crippen molar-refractivity contribution in [3.8, 4) is 0 Å². The molecule has 5 heteroatoms. The maximum absolute atomic E-state index is 13.0. The lowest BCUT2D eigenvalue weighted by Gasteiger charge is -2.24. The minimum atomic E-state index is -0.339. The Labute approximate surface area is 148 Å². The number of anilines is 1. The van der Waals surface area contributed by atoms with Gasteiger partial charge >= 0.3 is 5.97 Å². The summed E-state index contributed by atoms with van der Waals surface area (Å²) in [5.74, 6) is -0.302. The van der Waals surface area contributed by atoms with Crippen molar-refractivity contribution in [3.63, 3.8) is 0 Å². The van der Waals surface area contributed by atoms with Crippen LogP contribution in [0.1, 0.15) is 41.2 Å². The fourth-order valence-electron chi connectivity index (χ4n) is 3.62. The van der Waals surface area contributed by atoms with Crippen molar-refractivity contribution in [2.75, 3.05) is 11.5 Å². The Morgan fingerprint density at radius 1 is 1.24 bits per heavy atom. The number of aryl methyl sites for hydroxylation is 1. The topological polar surface area (TPSA) is 51.5 Å². The molecular formula is C20H24N2O3. The summed E-state index contributed by atoms with van der Waals surface area (Å²) in [6.45, 7) is 8.17. The van der Waals surface area contributed by atoms with Crippen molar-refractivity contribution in [1.29, 1.82) is 0 Å². The fourth-order valence-corrected chi connectivity index (χ4v) is 3.62. The number of benzene rings is 1. The van der Waals surface area contributed by atoms with Crippen LogP contribution in [-0.2, 0) is 22.5 Å². The summed E-state index contributed by atoms with van der Waals surface area (Å²) in [6, 6.07) is 9.97. The SMILES string of the molecule is CCOC(=O)c1cc(C)n(CC(=O)N2c3ccccc3C[C@H]2C)c1C. The summed E-state index contributed by atoms with van der Waals surface area (Å²) in [7, 11) is 0. The molecule has 25 heavy (non-hydrogen) atoms. The van der Waals surface area contributed by atoms with Gasteiger partial charge in [-0.3, -0.25) is 4.79 Å². The van der Waals surface area contributed by atoms with Gasteiger partial charge in [0.15, 0.2) is 0 Å². The summed E-state index contributed by atoms with van der Waals surface area (Å²) in [6.07, 6.45) is 0.875. The molecule has 132 valence electrons. The van der Waals surface area contributed by atoms with Crippen LogP contribution in [0.25, 0.3) is 0 Å². The van der Waals surface area contributed by atoms with Gasteiger partial charge in [-0.15, -0.1) is 0 Å². The van der Waals surface area contributed by atoms with Crippen molar-refractivity contribution < 1.29 is 14.3 Å². The predicted octanol–water partition coefficient (Wildman–Crippen LogP) is 3.26. The molecule has 0 radical (unpaired) electrons. The van der Waals surface area contributed by atoms with Crippen LogP contribution in [0, 0.1) is 13.8 Å². The maximum atomic E-state index is 13.0. The molecule has 1 aliphatic rings. The van der Waals surface area contributed by atoms with Crippen LogP contribution in [0.5, 0.6) is 0 Å². The van der Waals surface area contributed by atoms with Crippen molar-refractivity contribution in [1.82, 2.24) is 4.57 Å². The van der Waals surface area contributed by atoms with Gasteiger partial charge in [-0.25, -0.2) is 4.79 Å². The number of para-hydroxylation sites is 1. The molecule has 3 rings (SSSR count). The first kappa shape index (κ1) is 17.3. The number of hydrogen-bond acceptors (Lipinski definition) is 3. The monoisotopic (exact) mass is 340 g/mol. The van der Waals surface area contributed by atoms with Crippen LogP contribution in [0.4, 0.5) is 5.69 Å². The minimum absolute atomic E-state index is 0.0367. The number of fused-ring (bicyclic) bond motifs is 1. The number of aromatic nitrogens is 1. The molecule has 1 atom stereocenters. The van der Waals surface area contributed by atoms with Gasteiger partial charge in [-0.1, -0.05) is 18.2 Å². The van der Waals surface area contributed by atoms with E-state index in [2.05, 4.69) is 13.0 Å². The minimum Gasteiger partial charge on any atom is -0.462 e. The maximum Gasteiger partial charge on any atom is 0.339 e. The van der Waals surface area contributed by atoms with E-state index >= 15 is 0 Å². The molecule has 1 aromatic carbocycles. The lowest BCUT2D eigenvalue weighted by Crippen LogP contribution is -2.38. The van der Waals surface area contributed by atoms with E-state index in [1.54, 1.807) is 13.0 Å². The summed E-state index contributed by atoms with van der Waals surface area (Å²) in [5, 5.41) is 0. The quantitative estimate of drug-likeness (QED) is 0.803. The molecule has 0 saturated heterocycles. The van der Waals surface area contributed by atoms with Gasteiger partial charge in [0, 0.05) is 23.1 Å². The third-order valence-corrected chi connectivity index (χ3v) is 4.84. The Morgan fingerprint density at radius 2 is 1.96 bits per heavy atom. The standard InChI is InChI=1S/C20H24N2O3/c1-5-25-20(24)17-11-13(2)21(15(17)4)12-19(23)22-14(3)10-16-8-6-7-9-18(16)22/h6-9,11,14H,5,10,12H2,1-4H3/t14-/m1/s1. The molecule has 1 amide bonds. The Morgan fingerprint density at radius 3 is 2.68 bits per heavy atom. The molecule has 2 heterocycles. The molecule has 0 N–H and O–H groups in total. The number of nitrogens with zero attached hydrogens (tertiary/aromatic N) is 2. The van der Waals surface area contributed by atoms with E-state index in [-0.39, 0.29) is 24.5 Å². The van der Waals surface area contributed by atoms with E-state index in [0.29, 0.717) is 12.2 Å². The van der Waals surface area contributed by atoms with Crippen LogP contribution in [0.2, 0.25) is 0 Å². The smallest absolute Gasteiger partial charge is 0.339 e. The number of carbonyl (C=O) groups is 2. The van der Waals surface area contributed by atoms with Crippen molar-refractivity contribution in [3.05, 3.63) is 52.8 Å². The van der Waals surface area contributed by atoms with E-state index in [4.69, 9.17) is 4.74 Å². The molecule has 0 bridgehead atoms. The second-order valence-electron chi connectivity index (χ2n) is 6.54. The average molecular weight is 340 g/mol. The average Bonchev–Trinajstić information content (AvgIpc) is 3.05. The molecule has 0 aliphatic carbocycles. The third kappa shape index (κ3) is 3.06. The van der Waals surface area contributed by atoms with Crippen LogP contribution in [0.15, 0.2) is 30.3 Å². The highest BCUT2D eigenvalue weighted by atomic mass is 16.5. The normalized spacial score (nSPS) is 16.0. The summed E-state index contributed by atoms with van der Waals surface area (Å²) < 4.78 is 6.99. The highest BCUT2D eigenvalue weighted by Crippen LogP contribution is 2.32. The first-order valence-corrected chi connectivity index (χ1v) is 8.67. The zero-order chi connectivity index (χ0) is 18.1. The molecule has 2 aromatic rings. The lowest BCUT2D eigenvalue weighted by molar-refractivity contribution is -0.119. The molecule has 0 fully saturated rings. The van der Waals surface area contributed by atoms with E-state index in [9.17, 15) is 9.59 Å². The van der Waals surface area contributed by atoms with E-state index in [1.165, 1.54) is 5.56 Å². The van der Waals surface area contributed by atoms with Gasteiger partial charge < -0.3 is 14.2 Å². The highest BCUT2D eigenvalue weighted by molar-refractivity contribution is 5.96. The summed E-state index contributed by atoms with van der Waals surface area (Å²) in [5.41, 5.74) is 4.38. The number of rotatable bonds is 4. The van der Waals surface area contributed by atoms with Gasteiger partial charge in [-0.2, -0.15) is 0 Å². The fraction of sp³-hybridized carbons (Fsp3) is 0.400. The zero-order valence-corrected chi connectivity index (χ0v) is 15.2. The number of ether oxygens (including phenoxy) is 1. The number of carbonyl (C=O) groups excluding carboxylic acids is 2. The molecule has 1 aliphatic heterocycles. The van der Waals surface area contributed by atoms with Crippen molar-refractivity contribution in [2.24, 2.45) is 0 Å². The van der Waals surface area contributed by atoms with Gasteiger partial charge in [0.05, 0.1) is 12.2 Å². The molecule has 0 unspecified atom stereocenters. The van der Waals surface area contributed by atoms with Gasteiger partial charge in [0.2, 0.25) is 5.91 Å². The zero-order valence-electron chi connectivity index (χ0n) is 15.2. The summed E-state index contributed by atoms with van der Waals surface area (Å²) in [4.78, 5) is 26.9. The van der Waals surface area contributed by atoms with Crippen LogP contribution in [0.3, 0.4) is 0 Å². The summed E-state index contributed by atoms with van der Waals surface area (Å²) >= 11 is 0. The highest BCUT2D eigenvalue weighted by Gasteiger charge is 2.31. The van der Waals surface area contributed by atoms with Gasteiger partial charge in [-0.05, 0) is 51.8 Å². The van der Waals surface area contributed by atoms with Gasteiger partial charge in [0.1, 0.15) is 6.54 Å². The van der Waals surface area contributed by atoms with Crippen LogP contribution >= 0.6 is 0 Å². The van der Waals surface area contributed by atoms with Crippen molar-refractivity contribution in [2.45, 2.75) is 46.7 Å². The Hall–Kier alpha value is -2.56. The van der Waals surface area contributed by atoms with E-state index < -0.39 is 0 Å². The third-order valence-electron chi connectivity index (χ3n) is 4.84. The second kappa shape index (κ2) is 6.75. The first-order chi connectivity index (χ1) is 11.9. The van der Waals surface area contributed by atoms with Crippen LogP contribution < -0.4 is 4.90 Å². The number of esters is 1. The molecule has 1 aromatic heterocycles.